The van der Waals surface area contributed by atoms with Crippen LogP contribution in [0.1, 0.15) is 118 Å². The van der Waals surface area contributed by atoms with E-state index in [-0.39, 0.29) is 28.0 Å². The van der Waals surface area contributed by atoms with Crippen LogP contribution >= 0.6 is 9.90 Å². The van der Waals surface area contributed by atoms with Gasteiger partial charge >= 0.3 is 0 Å². The number of hydroxylamine groups is 2. The van der Waals surface area contributed by atoms with Crippen molar-refractivity contribution in [2.45, 2.75) is 136 Å². The zero-order valence-corrected chi connectivity index (χ0v) is 28.5. The van der Waals surface area contributed by atoms with Crippen molar-refractivity contribution in [3.63, 3.8) is 0 Å². The van der Waals surface area contributed by atoms with Crippen molar-refractivity contribution < 1.29 is 19.2 Å². The second kappa shape index (κ2) is 13.6. The molecule has 41 heavy (non-hydrogen) atoms. The molecule has 0 aromatic heterocycles. The van der Waals surface area contributed by atoms with Gasteiger partial charge in [0.2, 0.25) is 5.91 Å². The lowest BCUT2D eigenvalue weighted by Crippen LogP contribution is -2.59. The molecule has 0 radical (unpaired) electrons. The number of nitrogens with zero attached hydrogens (tertiary/aromatic N) is 1. The van der Waals surface area contributed by atoms with Crippen molar-refractivity contribution in [1.29, 1.82) is 0 Å². The molecule has 7 heteroatoms. The van der Waals surface area contributed by atoms with Crippen LogP contribution < -0.4 is 5.32 Å². The van der Waals surface area contributed by atoms with Crippen molar-refractivity contribution in [2.24, 2.45) is 46.3 Å². The molecule has 236 valence electrons. The molecule has 1 amide bonds. The molecule has 0 aromatic carbocycles. The van der Waals surface area contributed by atoms with Crippen LogP contribution in [0, 0.1) is 46.3 Å². The Bertz CT molecular complexity index is 917. The lowest BCUT2D eigenvalue weighted by Gasteiger charge is -2.63. The van der Waals surface area contributed by atoms with E-state index in [0.29, 0.717) is 59.2 Å². The summed E-state index contributed by atoms with van der Waals surface area (Å²) in [7, 11) is 1.96. The standard InChI is InChI=1S/C34H58N2O4.H3P/c1-7-29(37)28-10-9-19-36(28)40-24-15-17-33(4)23(20-24)21-30(39-6)32-26-13-12-25(34(26,5)18-16-27(32)33)22(3)11-14-31(38)35-8-2;/h22-28,30,32H,7-21H2,1-6H3,(H,35,38);1H3/t22-,23-,24+,25?,26?,27?,28-,30+,32?,33-,34+;/m0./s1. The molecule has 1 aliphatic heterocycles. The maximum atomic E-state index is 12.5. The van der Waals surface area contributed by atoms with Gasteiger partial charge in [-0.2, -0.15) is 15.0 Å². The van der Waals surface area contributed by atoms with Gasteiger partial charge in [0.15, 0.2) is 5.78 Å². The van der Waals surface area contributed by atoms with E-state index in [2.05, 4.69) is 31.2 Å². The Kier molecular flexibility index (Phi) is 11.1. The minimum Gasteiger partial charge on any atom is -0.381 e. The maximum Gasteiger partial charge on any atom is 0.219 e. The number of carbonyl (C=O) groups is 2. The Morgan fingerprint density at radius 3 is 2.44 bits per heavy atom. The Labute approximate surface area is 253 Å². The molecule has 4 aliphatic carbocycles. The molecule has 6 nitrogen and oxygen atoms in total. The van der Waals surface area contributed by atoms with Crippen molar-refractivity contribution in [3.8, 4) is 0 Å². The van der Waals surface area contributed by atoms with Gasteiger partial charge in [-0.15, -0.1) is 0 Å². The van der Waals surface area contributed by atoms with Gasteiger partial charge in [0.05, 0.1) is 18.2 Å². The largest absolute Gasteiger partial charge is 0.381 e. The summed E-state index contributed by atoms with van der Waals surface area (Å²) in [5.74, 6) is 4.55. The Morgan fingerprint density at radius 1 is 1.00 bits per heavy atom. The van der Waals surface area contributed by atoms with Gasteiger partial charge in [-0.25, -0.2) is 0 Å². The number of fused-ring (bicyclic) bond motifs is 5. The molecule has 4 saturated carbocycles. The fourth-order valence-electron chi connectivity index (χ4n) is 10.9. The van der Waals surface area contributed by atoms with Gasteiger partial charge < -0.3 is 10.1 Å². The van der Waals surface area contributed by atoms with Crippen LogP contribution in [0.2, 0.25) is 0 Å². The second-order valence-corrected chi connectivity index (χ2v) is 14.8. The molecule has 1 heterocycles. The van der Waals surface area contributed by atoms with E-state index in [9.17, 15) is 9.59 Å². The summed E-state index contributed by atoms with van der Waals surface area (Å²) in [4.78, 5) is 31.3. The molecule has 0 spiro atoms. The van der Waals surface area contributed by atoms with Gasteiger partial charge in [-0.05, 0) is 124 Å². The van der Waals surface area contributed by atoms with E-state index >= 15 is 0 Å². The molecule has 5 fully saturated rings. The summed E-state index contributed by atoms with van der Waals surface area (Å²) >= 11 is 0. The van der Waals surface area contributed by atoms with Crippen molar-refractivity contribution in [1.82, 2.24) is 10.4 Å². The number of rotatable bonds is 10. The summed E-state index contributed by atoms with van der Waals surface area (Å²) in [5, 5.41) is 5.04. The highest BCUT2D eigenvalue weighted by Crippen LogP contribution is 2.68. The normalized spacial score (nSPS) is 42.9. The molecule has 12 atom stereocenters. The summed E-state index contributed by atoms with van der Waals surface area (Å²) in [6.45, 7) is 13.2. The molecule has 5 unspecified atom stereocenters. The Balaban J connectivity index is 0.00000387. The molecule has 5 aliphatic rings. The predicted molar refractivity (Wildman–Crippen MR) is 169 cm³/mol. The fraction of sp³-hybridized carbons (Fsp3) is 0.941. The van der Waals surface area contributed by atoms with Gasteiger partial charge in [0.1, 0.15) is 0 Å². The third-order valence-electron chi connectivity index (χ3n) is 13.1. The minimum absolute atomic E-state index is 0. The molecular formula is C34H61N2O4P. The smallest absolute Gasteiger partial charge is 0.219 e. The van der Waals surface area contributed by atoms with Gasteiger partial charge in [-0.1, -0.05) is 27.7 Å². The number of amides is 1. The zero-order chi connectivity index (χ0) is 28.7. The zero-order valence-electron chi connectivity index (χ0n) is 27.1. The number of carbonyl (C=O) groups excluding carboxylic acids is 2. The van der Waals surface area contributed by atoms with E-state index in [1.807, 2.05) is 21.0 Å². The van der Waals surface area contributed by atoms with E-state index in [0.717, 1.165) is 63.5 Å². The third-order valence-corrected chi connectivity index (χ3v) is 13.1. The monoisotopic (exact) mass is 592 g/mol. The molecule has 0 aromatic rings. The van der Waals surface area contributed by atoms with E-state index in [1.54, 1.807) is 0 Å². The summed E-state index contributed by atoms with van der Waals surface area (Å²) in [6.07, 6.45) is 14.7. The second-order valence-electron chi connectivity index (χ2n) is 14.8. The van der Waals surface area contributed by atoms with E-state index < -0.39 is 0 Å². The van der Waals surface area contributed by atoms with Gasteiger partial charge in [0.25, 0.3) is 0 Å². The molecule has 5 rings (SSSR count). The first kappa shape index (κ1) is 33.3. The lowest BCUT2D eigenvalue weighted by molar-refractivity contribution is -0.240. The van der Waals surface area contributed by atoms with Crippen LogP contribution in [0.4, 0.5) is 0 Å². The third kappa shape index (κ3) is 6.20. The summed E-state index contributed by atoms with van der Waals surface area (Å²) in [6, 6.07) is -0.0319. The van der Waals surface area contributed by atoms with Gasteiger partial charge in [-0.3, -0.25) is 14.4 Å². The van der Waals surface area contributed by atoms with E-state index in [1.165, 1.54) is 32.1 Å². The molecular weight excluding hydrogens is 531 g/mol. The fourth-order valence-corrected chi connectivity index (χ4v) is 10.9. The summed E-state index contributed by atoms with van der Waals surface area (Å²) < 4.78 is 6.39. The van der Waals surface area contributed by atoms with E-state index in [4.69, 9.17) is 9.57 Å². The van der Waals surface area contributed by atoms with Crippen molar-refractivity contribution in [3.05, 3.63) is 0 Å². The number of Topliss-reactive ketones (excluding diaryl/α,β-unsaturated/α-hetero) is 1. The number of hydrogen-bond donors (Lipinski definition) is 1. The minimum atomic E-state index is -0.0319. The summed E-state index contributed by atoms with van der Waals surface area (Å²) in [5.41, 5.74) is 0.713. The van der Waals surface area contributed by atoms with Crippen LogP contribution in [0.3, 0.4) is 0 Å². The Morgan fingerprint density at radius 2 is 1.73 bits per heavy atom. The van der Waals surface area contributed by atoms with Crippen molar-refractivity contribution in [2.75, 3.05) is 20.2 Å². The first-order valence-electron chi connectivity index (χ1n) is 16.9. The maximum absolute atomic E-state index is 12.5. The van der Waals surface area contributed by atoms with Crippen LogP contribution in [-0.4, -0.2) is 55.2 Å². The topological polar surface area (TPSA) is 67.9 Å². The van der Waals surface area contributed by atoms with Crippen LogP contribution in [0.15, 0.2) is 0 Å². The average molecular weight is 593 g/mol. The molecule has 1 N–H and O–H groups in total. The predicted octanol–water partition coefficient (Wildman–Crippen LogP) is 6.62. The Hall–Kier alpha value is -0.550. The number of nitrogens with one attached hydrogen (secondary N) is 1. The number of hydrogen-bond acceptors (Lipinski definition) is 5. The first-order chi connectivity index (χ1) is 19.2. The number of ketones is 1. The van der Waals surface area contributed by atoms with Crippen LogP contribution in [0.5, 0.6) is 0 Å². The van der Waals surface area contributed by atoms with Gasteiger partial charge in [0, 0.05) is 33.0 Å². The highest BCUT2D eigenvalue weighted by molar-refractivity contribution is 6.92. The lowest BCUT2D eigenvalue weighted by atomic mass is 9.43. The van der Waals surface area contributed by atoms with Crippen LogP contribution in [-0.2, 0) is 19.2 Å². The quantitative estimate of drug-likeness (QED) is 0.289. The SMILES string of the molecule is CCNC(=O)CC[C@H](C)C1CCC2C3C(CC[C@@]21C)[C@@]1(C)CC[C@@H](ON2CCC[C@H]2C(=O)CC)C[C@H]1C[C@H]3OC.P. The van der Waals surface area contributed by atoms with Crippen LogP contribution in [0.25, 0.3) is 0 Å². The molecule has 0 bridgehead atoms. The van der Waals surface area contributed by atoms with Crippen molar-refractivity contribution >= 4 is 21.6 Å². The number of methoxy groups -OCH3 is 1. The highest BCUT2D eigenvalue weighted by atomic mass is 31.0. The molecule has 1 saturated heterocycles. The number of ether oxygens (including phenoxy) is 1. The highest BCUT2D eigenvalue weighted by Gasteiger charge is 2.63. The first-order valence-corrected chi connectivity index (χ1v) is 16.9. The average Bonchev–Trinajstić information content (AvgIpc) is 3.55.